The van der Waals surface area contributed by atoms with Gasteiger partial charge in [-0.25, -0.2) is 4.39 Å². The summed E-state index contributed by atoms with van der Waals surface area (Å²) in [7, 11) is 1.93. The molecule has 1 unspecified atom stereocenters. The number of benzene rings is 1. The summed E-state index contributed by atoms with van der Waals surface area (Å²) in [6, 6.07) is 4.68. The third-order valence-corrected chi connectivity index (χ3v) is 2.84. The Labute approximate surface area is 106 Å². The van der Waals surface area contributed by atoms with Crippen LogP contribution in [-0.4, -0.2) is 24.3 Å². The summed E-state index contributed by atoms with van der Waals surface area (Å²) in [5.41, 5.74) is 6.35. The molecule has 0 heterocycles. The lowest BCUT2D eigenvalue weighted by atomic mass is 10.1. The summed E-state index contributed by atoms with van der Waals surface area (Å²) in [6.07, 6.45) is 0. The molecule has 1 aromatic carbocycles. The lowest BCUT2D eigenvalue weighted by Gasteiger charge is -2.20. The second-order valence-electron chi connectivity index (χ2n) is 4.30. The predicted molar refractivity (Wildman–Crippen MR) is 68.8 cm³/mol. The van der Waals surface area contributed by atoms with E-state index in [2.05, 4.69) is 0 Å². The number of halogens is 2. The van der Waals surface area contributed by atoms with Crippen LogP contribution >= 0.6 is 11.6 Å². The molecule has 1 atom stereocenters. The third-order valence-electron chi connectivity index (χ3n) is 2.55. The molecular weight excluding hydrogens is 241 g/mol. The summed E-state index contributed by atoms with van der Waals surface area (Å²) in [6.45, 7) is 3.23. The zero-order valence-corrected chi connectivity index (χ0v) is 10.8. The van der Waals surface area contributed by atoms with E-state index in [0.29, 0.717) is 13.1 Å². The van der Waals surface area contributed by atoms with Crippen LogP contribution < -0.4 is 5.73 Å². The van der Waals surface area contributed by atoms with Crippen molar-refractivity contribution in [3.05, 3.63) is 34.6 Å². The summed E-state index contributed by atoms with van der Waals surface area (Å²) in [5, 5.41) is 7.45. The molecule has 1 rings (SSSR count). The zero-order chi connectivity index (χ0) is 13.0. The number of hydrogen-bond acceptors (Lipinski definition) is 2. The average Bonchev–Trinajstić information content (AvgIpc) is 2.23. The highest BCUT2D eigenvalue weighted by molar-refractivity contribution is 6.30. The molecule has 94 valence electrons. The Hall–Kier alpha value is -1.13. The van der Waals surface area contributed by atoms with Gasteiger partial charge in [-0.15, -0.1) is 0 Å². The normalized spacial score (nSPS) is 12.8. The fourth-order valence-electron chi connectivity index (χ4n) is 1.58. The van der Waals surface area contributed by atoms with E-state index in [1.807, 2.05) is 18.9 Å². The highest BCUT2D eigenvalue weighted by Gasteiger charge is 2.10. The largest absolute Gasteiger partial charge is 0.387 e. The van der Waals surface area contributed by atoms with Gasteiger partial charge < -0.3 is 10.6 Å². The lowest BCUT2D eigenvalue weighted by molar-refractivity contribution is 0.306. The van der Waals surface area contributed by atoms with Crippen molar-refractivity contribution in [3.8, 4) is 0 Å². The molecule has 0 aliphatic rings. The van der Waals surface area contributed by atoms with Crippen molar-refractivity contribution in [2.45, 2.75) is 13.5 Å². The SMILES string of the molecule is CC(CN(C)Cc1ccc(F)c(Cl)c1)C(=N)N. The van der Waals surface area contributed by atoms with Gasteiger partial charge in [0.05, 0.1) is 10.9 Å². The molecule has 5 heteroatoms. The van der Waals surface area contributed by atoms with Crippen LogP contribution in [0.15, 0.2) is 18.2 Å². The van der Waals surface area contributed by atoms with Gasteiger partial charge in [0.15, 0.2) is 0 Å². The molecule has 0 amide bonds. The van der Waals surface area contributed by atoms with Gasteiger partial charge in [-0.2, -0.15) is 0 Å². The molecule has 0 radical (unpaired) electrons. The summed E-state index contributed by atoms with van der Waals surface area (Å²) < 4.78 is 13.0. The Morgan fingerprint density at radius 2 is 2.24 bits per heavy atom. The van der Waals surface area contributed by atoms with Crippen molar-refractivity contribution in [1.29, 1.82) is 5.41 Å². The van der Waals surface area contributed by atoms with Gasteiger partial charge in [0, 0.05) is 19.0 Å². The summed E-state index contributed by atoms with van der Waals surface area (Å²) in [4.78, 5) is 2.02. The number of nitrogens with two attached hydrogens (primary N) is 1. The fourth-order valence-corrected chi connectivity index (χ4v) is 1.78. The third kappa shape index (κ3) is 4.32. The average molecular weight is 258 g/mol. The second-order valence-corrected chi connectivity index (χ2v) is 4.71. The van der Waals surface area contributed by atoms with Crippen LogP contribution in [0.3, 0.4) is 0 Å². The van der Waals surface area contributed by atoms with E-state index in [9.17, 15) is 4.39 Å². The number of nitrogens with zero attached hydrogens (tertiary/aromatic N) is 1. The molecule has 0 aliphatic carbocycles. The van der Waals surface area contributed by atoms with E-state index in [4.69, 9.17) is 22.7 Å². The van der Waals surface area contributed by atoms with E-state index < -0.39 is 5.82 Å². The molecule has 0 bridgehead atoms. The van der Waals surface area contributed by atoms with Crippen molar-refractivity contribution >= 4 is 17.4 Å². The Morgan fingerprint density at radius 1 is 1.59 bits per heavy atom. The Bertz CT molecular complexity index is 409. The van der Waals surface area contributed by atoms with E-state index >= 15 is 0 Å². The Balaban J connectivity index is 2.58. The van der Waals surface area contributed by atoms with Crippen LogP contribution in [0.2, 0.25) is 5.02 Å². The first-order valence-electron chi connectivity index (χ1n) is 5.36. The van der Waals surface area contributed by atoms with E-state index in [1.54, 1.807) is 12.1 Å². The van der Waals surface area contributed by atoms with Crippen LogP contribution in [0, 0.1) is 17.1 Å². The van der Waals surface area contributed by atoms with Crippen molar-refractivity contribution in [2.75, 3.05) is 13.6 Å². The first-order valence-corrected chi connectivity index (χ1v) is 5.74. The molecule has 3 N–H and O–H groups in total. The van der Waals surface area contributed by atoms with Crippen molar-refractivity contribution in [1.82, 2.24) is 4.90 Å². The van der Waals surface area contributed by atoms with Gasteiger partial charge in [0.2, 0.25) is 0 Å². The molecule has 0 fully saturated rings. The molecule has 1 aromatic rings. The quantitative estimate of drug-likeness (QED) is 0.629. The second kappa shape index (κ2) is 5.98. The van der Waals surface area contributed by atoms with Crippen LogP contribution in [0.1, 0.15) is 12.5 Å². The van der Waals surface area contributed by atoms with Crippen LogP contribution in [-0.2, 0) is 6.54 Å². The first-order chi connectivity index (χ1) is 7.90. The fraction of sp³-hybridized carbons (Fsp3) is 0.417. The van der Waals surface area contributed by atoms with Gasteiger partial charge >= 0.3 is 0 Å². The Kier molecular flexibility index (Phi) is 4.90. The number of nitrogens with one attached hydrogen (secondary N) is 1. The van der Waals surface area contributed by atoms with Crippen LogP contribution in [0.4, 0.5) is 4.39 Å². The monoisotopic (exact) mass is 257 g/mol. The molecule has 0 aromatic heterocycles. The molecule has 17 heavy (non-hydrogen) atoms. The maximum absolute atomic E-state index is 13.0. The van der Waals surface area contributed by atoms with Gasteiger partial charge in [0.25, 0.3) is 0 Å². The smallest absolute Gasteiger partial charge is 0.141 e. The topological polar surface area (TPSA) is 53.1 Å². The lowest BCUT2D eigenvalue weighted by Crippen LogP contribution is -2.31. The number of amidine groups is 1. The highest BCUT2D eigenvalue weighted by atomic mass is 35.5. The van der Waals surface area contributed by atoms with E-state index in [-0.39, 0.29) is 16.8 Å². The number of hydrogen-bond donors (Lipinski definition) is 2. The molecule has 0 spiro atoms. The highest BCUT2D eigenvalue weighted by Crippen LogP contribution is 2.17. The predicted octanol–water partition coefficient (Wildman–Crippen LogP) is 2.48. The number of rotatable bonds is 5. The van der Waals surface area contributed by atoms with Gasteiger partial charge in [-0.05, 0) is 24.7 Å². The first kappa shape index (κ1) is 13.9. The minimum atomic E-state index is -0.407. The molecule has 0 aliphatic heterocycles. The van der Waals surface area contributed by atoms with Gasteiger partial charge in [-0.3, -0.25) is 5.41 Å². The maximum Gasteiger partial charge on any atom is 0.141 e. The molecular formula is C12H17ClFN3. The summed E-state index contributed by atoms with van der Waals surface area (Å²) in [5.74, 6) is -0.222. The van der Waals surface area contributed by atoms with E-state index in [0.717, 1.165) is 5.56 Å². The van der Waals surface area contributed by atoms with Gasteiger partial charge in [-0.1, -0.05) is 24.6 Å². The zero-order valence-electron chi connectivity index (χ0n) is 10.0. The molecule has 0 saturated heterocycles. The summed E-state index contributed by atoms with van der Waals surface area (Å²) >= 11 is 5.71. The Morgan fingerprint density at radius 3 is 2.76 bits per heavy atom. The minimum absolute atomic E-state index is 0.0101. The molecule has 3 nitrogen and oxygen atoms in total. The minimum Gasteiger partial charge on any atom is -0.387 e. The van der Waals surface area contributed by atoms with Crippen molar-refractivity contribution in [3.63, 3.8) is 0 Å². The van der Waals surface area contributed by atoms with Crippen molar-refractivity contribution in [2.24, 2.45) is 11.7 Å². The van der Waals surface area contributed by atoms with Gasteiger partial charge in [0.1, 0.15) is 5.82 Å². The molecule has 0 saturated carbocycles. The van der Waals surface area contributed by atoms with Crippen LogP contribution in [0.25, 0.3) is 0 Å². The van der Waals surface area contributed by atoms with E-state index in [1.165, 1.54) is 6.07 Å². The van der Waals surface area contributed by atoms with Crippen LogP contribution in [0.5, 0.6) is 0 Å². The standard InChI is InChI=1S/C12H17ClFN3/c1-8(12(15)16)6-17(2)7-9-3-4-11(14)10(13)5-9/h3-5,8H,6-7H2,1-2H3,(H3,15,16). The van der Waals surface area contributed by atoms with Crippen molar-refractivity contribution < 1.29 is 4.39 Å². The maximum atomic E-state index is 13.0.